The Morgan fingerprint density at radius 3 is 2.65 bits per heavy atom. The van der Waals surface area contributed by atoms with Gasteiger partial charge in [-0.3, -0.25) is 0 Å². The highest BCUT2D eigenvalue weighted by molar-refractivity contribution is 9.10. The molecule has 1 aliphatic carbocycles. The molecule has 1 fully saturated rings. The largest absolute Gasteiger partial charge is 0.396 e. The summed E-state index contributed by atoms with van der Waals surface area (Å²) < 4.78 is 14.7. The molecule has 0 spiro atoms. The maximum Gasteiger partial charge on any atom is 0.129 e. The van der Waals surface area contributed by atoms with Crippen LogP contribution in [0.5, 0.6) is 0 Å². The van der Waals surface area contributed by atoms with Crippen molar-refractivity contribution >= 4 is 15.9 Å². The Balaban J connectivity index is 1.98. The highest BCUT2D eigenvalue weighted by Gasteiger charge is 2.31. The van der Waals surface area contributed by atoms with Crippen LogP contribution in [0.25, 0.3) is 0 Å². The van der Waals surface area contributed by atoms with Crippen LogP contribution < -0.4 is 5.32 Å². The highest BCUT2D eigenvalue weighted by Crippen LogP contribution is 2.35. The fourth-order valence-electron chi connectivity index (χ4n) is 3.02. The fourth-order valence-corrected chi connectivity index (χ4v) is 3.36. The first-order valence-corrected chi connectivity index (χ1v) is 8.15. The normalized spacial score (nSPS) is 19.8. The lowest BCUT2D eigenvalue weighted by Crippen LogP contribution is -2.40. The van der Waals surface area contributed by atoms with Gasteiger partial charge < -0.3 is 10.4 Å². The van der Waals surface area contributed by atoms with E-state index in [2.05, 4.69) is 21.2 Å². The number of nitrogens with one attached hydrogen (secondary N) is 1. The standard InChI is InChI=1S/C16H23BrFNO/c1-12(14-6-5-13(17)9-15(14)18)19-10-16(11-20)7-3-2-4-8-16/h5-6,9,12,19-20H,2-4,7-8,10-11H2,1H3. The molecule has 2 N–H and O–H groups in total. The van der Waals surface area contributed by atoms with Crippen molar-refractivity contribution in [3.63, 3.8) is 0 Å². The van der Waals surface area contributed by atoms with E-state index in [0.717, 1.165) is 23.9 Å². The minimum Gasteiger partial charge on any atom is -0.396 e. The van der Waals surface area contributed by atoms with Crippen LogP contribution in [0.2, 0.25) is 0 Å². The smallest absolute Gasteiger partial charge is 0.129 e. The first kappa shape index (κ1) is 15.9. The monoisotopic (exact) mass is 343 g/mol. The summed E-state index contributed by atoms with van der Waals surface area (Å²) >= 11 is 3.27. The van der Waals surface area contributed by atoms with Gasteiger partial charge in [-0.25, -0.2) is 4.39 Å². The van der Waals surface area contributed by atoms with Crippen LogP contribution in [0, 0.1) is 11.2 Å². The Morgan fingerprint density at radius 2 is 2.05 bits per heavy atom. The molecule has 1 aromatic rings. The second-order valence-electron chi connectivity index (χ2n) is 5.99. The zero-order valence-electron chi connectivity index (χ0n) is 12.0. The average molecular weight is 344 g/mol. The Kier molecular flexibility index (Phi) is 5.58. The van der Waals surface area contributed by atoms with Crippen molar-refractivity contribution in [3.05, 3.63) is 34.1 Å². The quantitative estimate of drug-likeness (QED) is 0.840. The van der Waals surface area contributed by atoms with Crippen LogP contribution in [-0.4, -0.2) is 18.3 Å². The summed E-state index contributed by atoms with van der Waals surface area (Å²) in [5.74, 6) is -0.193. The molecule has 2 nitrogen and oxygen atoms in total. The van der Waals surface area contributed by atoms with Crippen molar-refractivity contribution < 1.29 is 9.50 Å². The molecule has 1 aromatic carbocycles. The molecule has 4 heteroatoms. The molecule has 112 valence electrons. The molecular formula is C16H23BrFNO. The van der Waals surface area contributed by atoms with E-state index >= 15 is 0 Å². The molecule has 1 saturated carbocycles. The molecule has 2 rings (SSSR count). The van der Waals surface area contributed by atoms with Crippen molar-refractivity contribution in [3.8, 4) is 0 Å². The van der Waals surface area contributed by atoms with Crippen molar-refractivity contribution in [2.24, 2.45) is 5.41 Å². The zero-order chi connectivity index (χ0) is 14.6. The van der Waals surface area contributed by atoms with Gasteiger partial charge in [0.05, 0.1) is 0 Å². The van der Waals surface area contributed by atoms with E-state index in [-0.39, 0.29) is 23.9 Å². The highest BCUT2D eigenvalue weighted by atomic mass is 79.9. The van der Waals surface area contributed by atoms with Crippen LogP contribution in [0.15, 0.2) is 22.7 Å². The summed E-state index contributed by atoms with van der Waals surface area (Å²) in [7, 11) is 0. The molecule has 0 amide bonds. The van der Waals surface area contributed by atoms with E-state index in [4.69, 9.17) is 0 Å². The molecule has 1 atom stereocenters. The van der Waals surface area contributed by atoms with E-state index in [1.165, 1.54) is 25.3 Å². The molecule has 0 bridgehead atoms. The SMILES string of the molecule is CC(NCC1(CO)CCCCC1)c1ccc(Br)cc1F. The third kappa shape index (κ3) is 3.80. The van der Waals surface area contributed by atoms with E-state index < -0.39 is 0 Å². The van der Waals surface area contributed by atoms with Crippen LogP contribution in [0.1, 0.15) is 50.6 Å². The summed E-state index contributed by atoms with van der Waals surface area (Å²) in [6, 6.07) is 5.12. The average Bonchev–Trinajstić information content (AvgIpc) is 2.46. The van der Waals surface area contributed by atoms with E-state index in [0.29, 0.717) is 5.56 Å². The second kappa shape index (κ2) is 7.01. The molecule has 20 heavy (non-hydrogen) atoms. The van der Waals surface area contributed by atoms with Crippen molar-refractivity contribution in [1.82, 2.24) is 5.32 Å². The molecule has 0 aromatic heterocycles. The summed E-state index contributed by atoms with van der Waals surface area (Å²) in [6.07, 6.45) is 5.75. The summed E-state index contributed by atoms with van der Waals surface area (Å²) in [4.78, 5) is 0. The molecule has 0 heterocycles. The molecular weight excluding hydrogens is 321 g/mol. The summed E-state index contributed by atoms with van der Waals surface area (Å²) in [5, 5.41) is 13.1. The topological polar surface area (TPSA) is 32.3 Å². The second-order valence-corrected chi connectivity index (χ2v) is 6.90. The van der Waals surface area contributed by atoms with Gasteiger partial charge in [0.15, 0.2) is 0 Å². The van der Waals surface area contributed by atoms with E-state index in [9.17, 15) is 9.50 Å². The first-order chi connectivity index (χ1) is 9.56. The fraction of sp³-hybridized carbons (Fsp3) is 0.625. The van der Waals surface area contributed by atoms with Gasteiger partial charge in [-0.15, -0.1) is 0 Å². The Labute approximate surface area is 128 Å². The summed E-state index contributed by atoms with van der Waals surface area (Å²) in [6.45, 7) is 2.94. The Morgan fingerprint density at radius 1 is 1.35 bits per heavy atom. The van der Waals surface area contributed by atoms with E-state index in [1.54, 1.807) is 0 Å². The molecule has 0 radical (unpaired) electrons. The van der Waals surface area contributed by atoms with Gasteiger partial charge in [-0.05, 0) is 31.9 Å². The molecule has 1 aliphatic rings. The number of aliphatic hydroxyl groups is 1. The predicted octanol–water partition coefficient (Wildman–Crippen LogP) is 4.18. The zero-order valence-corrected chi connectivity index (χ0v) is 13.5. The number of benzene rings is 1. The third-order valence-corrected chi connectivity index (χ3v) is 4.96. The number of hydrogen-bond acceptors (Lipinski definition) is 2. The summed E-state index contributed by atoms with van der Waals surface area (Å²) in [5.41, 5.74) is 0.662. The van der Waals surface area contributed by atoms with Gasteiger partial charge in [-0.1, -0.05) is 41.3 Å². The Hall–Kier alpha value is -0.450. The van der Waals surface area contributed by atoms with Gasteiger partial charge in [-0.2, -0.15) is 0 Å². The minimum absolute atomic E-state index is 0.0155. The number of aliphatic hydroxyl groups excluding tert-OH is 1. The van der Waals surface area contributed by atoms with Crippen molar-refractivity contribution in [1.29, 1.82) is 0 Å². The number of rotatable bonds is 5. The van der Waals surface area contributed by atoms with Gasteiger partial charge in [0.25, 0.3) is 0 Å². The third-order valence-electron chi connectivity index (χ3n) is 4.46. The first-order valence-electron chi connectivity index (χ1n) is 7.35. The Bertz CT molecular complexity index is 446. The van der Waals surface area contributed by atoms with Crippen LogP contribution in [0.4, 0.5) is 4.39 Å². The number of hydrogen-bond donors (Lipinski definition) is 2. The lowest BCUT2D eigenvalue weighted by atomic mass is 9.74. The van der Waals surface area contributed by atoms with Gasteiger partial charge in [0, 0.05) is 34.6 Å². The maximum atomic E-state index is 13.9. The molecule has 0 saturated heterocycles. The van der Waals surface area contributed by atoms with Gasteiger partial charge >= 0.3 is 0 Å². The molecule has 1 unspecified atom stereocenters. The van der Waals surface area contributed by atoms with Crippen LogP contribution in [-0.2, 0) is 0 Å². The van der Waals surface area contributed by atoms with Crippen molar-refractivity contribution in [2.75, 3.05) is 13.2 Å². The molecule has 0 aliphatic heterocycles. The van der Waals surface area contributed by atoms with Crippen LogP contribution in [0.3, 0.4) is 0 Å². The lowest BCUT2D eigenvalue weighted by Gasteiger charge is -2.36. The van der Waals surface area contributed by atoms with Gasteiger partial charge in [0.2, 0.25) is 0 Å². The predicted molar refractivity (Wildman–Crippen MR) is 83.1 cm³/mol. The maximum absolute atomic E-state index is 13.9. The minimum atomic E-state index is -0.193. The van der Waals surface area contributed by atoms with Crippen molar-refractivity contribution in [2.45, 2.75) is 45.1 Å². The van der Waals surface area contributed by atoms with E-state index in [1.807, 2.05) is 19.1 Å². The number of halogens is 2. The van der Waals surface area contributed by atoms with Gasteiger partial charge in [0.1, 0.15) is 5.82 Å². The lowest BCUT2D eigenvalue weighted by molar-refractivity contribution is 0.0787. The van der Waals surface area contributed by atoms with Crippen LogP contribution >= 0.6 is 15.9 Å².